The topological polar surface area (TPSA) is 76.7 Å². The van der Waals surface area contributed by atoms with Crippen molar-refractivity contribution < 1.29 is 23.5 Å². The van der Waals surface area contributed by atoms with Crippen LogP contribution in [0, 0.1) is 5.82 Å². The number of carbonyl (C=O) groups is 2. The number of rotatable bonds is 11. The van der Waals surface area contributed by atoms with Crippen LogP contribution in [0.4, 0.5) is 4.39 Å². The average Bonchev–Trinajstić information content (AvgIpc) is 2.84. The molecule has 0 fully saturated rings. The first-order valence-corrected chi connectivity index (χ1v) is 11.5. The van der Waals surface area contributed by atoms with Crippen molar-refractivity contribution in [2.75, 3.05) is 33.4 Å². The van der Waals surface area contributed by atoms with Crippen molar-refractivity contribution in [2.45, 2.75) is 27.2 Å². The second-order valence-corrected chi connectivity index (χ2v) is 7.38. The van der Waals surface area contributed by atoms with Crippen LogP contribution in [0.5, 0.6) is 5.75 Å². The maximum atomic E-state index is 12.7. The molecule has 0 aliphatic carbocycles. The van der Waals surface area contributed by atoms with Gasteiger partial charge < -0.3 is 20.1 Å². The Morgan fingerprint density at radius 3 is 2.38 bits per heavy atom. The van der Waals surface area contributed by atoms with E-state index in [1.807, 2.05) is 58.3 Å². The highest BCUT2D eigenvalue weighted by Gasteiger charge is 2.02. The van der Waals surface area contributed by atoms with Gasteiger partial charge in [-0.05, 0) is 54.9 Å². The van der Waals surface area contributed by atoms with E-state index in [2.05, 4.69) is 10.6 Å². The predicted molar refractivity (Wildman–Crippen MR) is 136 cm³/mol. The number of carbonyl (C=O) groups excluding carboxylic acids is 2. The number of hydrogen-bond acceptors (Lipinski definition) is 5. The van der Waals surface area contributed by atoms with Crippen LogP contribution in [-0.2, 0) is 20.7 Å². The molecule has 2 rings (SSSR count). The molecule has 188 valence electrons. The molecule has 0 atom stereocenters. The number of amides is 1. The summed E-state index contributed by atoms with van der Waals surface area (Å²) in [5.41, 5.74) is 2.20. The molecule has 0 bridgehead atoms. The van der Waals surface area contributed by atoms with E-state index in [0.29, 0.717) is 25.2 Å². The summed E-state index contributed by atoms with van der Waals surface area (Å²) >= 11 is 11.2. The molecular formula is C25H33Cl2FN2O4. The van der Waals surface area contributed by atoms with E-state index in [1.165, 1.54) is 12.1 Å². The lowest BCUT2D eigenvalue weighted by Crippen LogP contribution is -2.29. The van der Waals surface area contributed by atoms with E-state index in [9.17, 15) is 14.0 Å². The van der Waals surface area contributed by atoms with Gasteiger partial charge in [-0.2, -0.15) is 0 Å². The fraction of sp³-hybridized carbons (Fsp3) is 0.360. The van der Waals surface area contributed by atoms with E-state index in [4.69, 9.17) is 32.7 Å². The lowest BCUT2D eigenvalue weighted by atomic mass is 10.2. The highest BCUT2D eigenvalue weighted by Crippen LogP contribution is 2.19. The Hall–Kier alpha value is -2.61. The van der Waals surface area contributed by atoms with Gasteiger partial charge in [-0.3, -0.25) is 9.59 Å². The third kappa shape index (κ3) is 15.3. The van der Waals surface area contributed by atoms with Crippen LogP contribution in [0.2, 0.25) is 10.0 Å². The van der Waals surface area contributed by atoms with Crippen LogP contribution in [0.25, 0.3) is 0 Å². The standard InChI is InChI=1S/C15H21ClN2O2.C8H6ClFO2.C2H6/c1-12(9-17-2)10-18-15(19)11-20-8-7-13-3-5-14(16)6-4-13;9-7-2-1-6(5-8(7)10)12-4-3-11;1-2/h3-6,9,17H,7-8,10-11H2,1-2H3,(H,18,19);1-3,5H,4H2;1-2H3/b12-9+;;. The van der Waals surface area contributed by atoms with Crippen molar-refractivity contribution in [2.24, 2.45) is 0 Å². The molecule has 0 aromatic heterocycles. The second-order valence-electron chi connectivity index (χ2n) is 6.54. The molecule has 0 spiro atoms. The van der Waals surface area contributed by atoms with Gasteiger partial charge >= 0.3 is 0 Å². The van der Waals surface area contributed by atoms with Crippen molar-refractivity contribution in [3.63, 3.8) is 0 Å². The Morgan fingerprint density at radius 2 is 1.79 bits per heavy atom. The van der Waals surface area contributed by atoms with Gasteiger partial charge in [0.25, 0.3) is 0 Å². The Balaban J connectivity index is 0.000000662. The SMILES string of the molecule is CC.CN/C=C(\C)CNC(=O)COCCc1ccc(Cl)cc1.O=CCOc1ccc(Cl)c(F)c1. The monoisotopic (exact) mass is 514 g/mol. The van der Waals surface area contributed by atoms with E-state index in [0.717, 1.165) is 28.6 Å². The van der Waals surface area contributed by atoms with Gasteiger partial charge in [0.05, 0.1) is 11.6 Å². The largest absolute Gasteiger partial charge is 0.486 e. The normalized spacial score (nSPS) is 10.1. The highest BCUT2D eigenvalue weighted by molar-refractivity contribution is 6.30. The fourth-order valence-electron chi connectivity index (χ4n) is 2.29. The van der Waals surface area contributed by atoms with E-state index in [-0.39, 0.29) is 24.1 Å². The fourth-order valence-corrected chi connectivity index (χ4v) is 2.53. The first-order valence-electron chi connectivity index (χ1n) is 10.8. The Bertz CT molecular complexity index is 878. The quantitative estimate of drug-likeness (QED) is 0.317. The van der Waals surface area contributed by atoms with Gasteiger partial charge in [0.15, 0.2) is 6.29 Å². The lowest BCUT2D eigenvalue weighted by Gasteiger charge is -2.07. The van der Waals surface area contributed by atoms with Crippen molar-refractivity contribution in [3.8, 4) is 5.75 Å². The van der Waals surface area contributed by atoms with Crippen LogP contribution < -0.4 is 15.4 Å². The molecule has 6 nitrogen and oxygen atoms in total. The zero-order valence-electron chi connectivity index (χ0n) is 20.0. The summed E-state index contributed by atoms with van der Waals surface area (Å²) in [6, 6.07) is 11.6. The third-order valence-electron chi connectivity index (χ3n) is 3.85. The summed E-state index contributed by atoms with van der Waals surface area (Å²) in [4.78, 5) is 21.4. The molecule has 0 saturated heterocycles. The molecule has 0 radical (unpaired) electrons. The number of benzene rings is 2. The molecule has 2 N–H and O–H groups in total. The van der Waals surface area contributed by atoms with Crippen molar-refractivity contribution in [1.82, 2.24) is 10.6 Å². The highest BCUT2D eigenvalue weighted by atomic mass is 35.5. The Labute approximate surface area is 211 Å². The van der Waals surface area contributed by atoms with Crippen LogP contribution >= 0.6 is 23.2 Å². The van der Waals surface area contributed by atoms with Crippen LogP contribution in [0.3, 0.4) is 0 Å². The molecule has 9 heteroatoms. The molecule has 2 aromatic carbocycles. The minimum absolute atomic E-state index is 0.0356. The zero-order chi connectivity index (χ0) is 25.8. The van der Waals surface area contributed by atoms with E-state index >= 15 is 0 Å². The van der Waals surface area contributed by atoms with Gasteiger partial charge in [-0.25, -0.2) is 4.39 Å². The van der Waals surface area contributed by atoms with Gasteiger partial charge in [-0.15, -0.1) is 0 Å². The first-order chi connectivity index (χ1) is 16.3. The molecule has 0 aliphatic rings. The second kappa shape index (κ2) is 19.8. The van der Waals surface area contributed by atoms with Gasteiger partial charge in [0.2, 0.25) is 5.91 Å². The minimum Gasteiger partial charge on any atom is -0.486 e. The summed E-state index contributed by atoms with van der Waals surface area (Å²) in [5.74, 6) is -0.367. The molecular weight excluding hydrogens is 482 g/mol. The Morgan fingerprint density at radius 1 is 1.12 bits per heavy atom. The number of halogens is 3. The van der Waals surface area contributed by atoms with Crippen molar-refractivity contribution in [1.29, 1.82) is 0 Å². The van der Waals surface area contributed by atoms with Gasteiger partial charge in [0, 0.05) is 24.7 Å². The molecule has 2 aromatic rings. The molecule has 0 unspecified atom stereocenters. The third-order valence-corrected chi connectivity index (χ3v) is 4.40. The first kappa shape index (κ1) is 31.4. The summed E-state index contributed by atoms with van der Waals surface area (Å²) in [5, 5.41) is 6.45. The van der Waals surface area contributed by atoms with Crippen LogP contribution in [-0.4, -0.2) is 45.6 Å². The molecule has 0 aliphatic heterocycles. The average molecular weight is 515 g/mol. The summed E-state index contributed by atoms with van der Waals surface area (Å²) < 4.78 is 22.9. The predicted octanol–water partition coefficient (Wildman–Crippen LogP) is 5.22. The molecule has 34 heavy (non-hydrogen) atoms. The molecule has 1 amide bonds. The van der Waals surface area contributed by atoms with Gasteiger partial charge in [-0.1, -0.05) is 49.2 Å². The maximum absolute atomic E-state index is 12.7. The molecule has 0 heterocycles. The number of nitrogens with one attached hydrogen (secondary N) is 2. The molecule has 0 saturated carbocycles. The number of aldehydes is 1. The van der Waals surface area contributed by atoms with Crippen molar-refractivity contribution in [3.05, 3.63) is 75.7 Å². The minimum atomic E-state index is -0.555. The van der Waals surface area contributed by atoms with E-state index < -0.39 is 5.82 Å². The van der Waals surface area contributed by atoms with Crippen LogP contribution in [0.15, 0.2) is 54.2 Å². The Kier molecular flexibility index (Phi) is 18.3. The number of hydrogen-bond donors (Lipinski definition) is 2. The maximum Gasteiger partial charge on any atom is 0.246 e. The smallest absolute Gasteiger partial charge is 0.246 e. The lowest BCUT2D eigenvalue weighted by molar-refractivity contribution is -0.125. The van der Waals surface area contributed by atoms with Gasteiger partial charge in [0.1, 0.15) is 24.8 Å². The summed E-state index contributed by atoms with van der Waals surface area (Å²) in [6.45, 7) is 6.99. The summed E-state index contributed by atoms with van der Waals surface area (Å²) in [6.07, 6.45) is 3.21. The summed E-state index contributed by atoms with van der Waals surface area (Å²) in [7, 11) is 1.82. The zero-order valence-corrected chi connectivity index (χ0v) is 21.5. The van der Waals surface area contributed by atoms with E-state index in [1.54, 1.807) is 0 Å². The van der Waals surface area contributed by atoms with Crippen LogP contribution in [0.1, 0.15) is 26.3 Å². The van der Waals surface area contributed by atoms with Crippen molar-refractivity contribution >= 4 is 35.4 Å². The number of ether oxygens (including phenoxy) is 2.